The SMILES string of the molecule is CCN1C[C@]2(OC(=O)c3ccccc3CC(=O)OC(C)C)CC[C@H](OC)[C@@]34C2CC([C@@H]13)[C@@]1(O)C[C@H](C)[C@H]2CC4[C@]1(O)[C@H]2OC. The molecule has 5 aliphatic carbocycles. The van der Waals surface area contributed by atoms with E-state index in [0.717, 1.165) is 13.0 Å². The van der Waals surface area contributed by atoms with Gasteiger partial charge in [-0.05, 0) is 76.0 Å². The van der Waals surface area contributed by atoms with Gasteiger partial charge in [0.1, 0.15) is 16.8 Å². The molecule has 1 saturated heterocycles. The topological polar surface area (TPSA) is 115 Å². The highest BCUT2D eigenvalue weighted by atomic mass is 16.6. The highest BCUT2D eigenvalue weighted by Crippen LogP contribution is 2.79. The van der Waals surface area contributed by atoms with E-state index >= 15 is 0 Å². The third-order valence-corrected chi connectivity index (χ3v) is 13.2. The Balaban J connectivity index is 1.32. The van der Waals surface area contributed by atoms with E-state index in [9.17, 15) is 19.8 Å². The van der Waals surface area contributed by atoms with E-state index < -0.39 is 34.3 Å². The number of likely N-dealkylation sites (N-methyl/N-ethyl adjacent to an activating group) is 1. The molecule has 242 valence electrons. The number of ether oxygens (including phenoxy) is 4. The van der Waals surface area contributed by atoms with Gasteiger partial charge in [-0.15, -0.1) is 0 Å². The van der Waals surface area contributed by atoms with Gasteiger partial charge in [-0.25, -0.2) is 4.79 Å². The summed E-state index contributed by atoms with van der Waals surface area (Å²) in [6.45, 7) is 9.25. The third-order valence-electron chi connectivity index (χ3n) is 13.2. The molecule has 12 atom stereocenters. The molecule has 1 spiro atoms. The van der Waals surface area contributed by atoms with Crippen molar-refractivity contribution in [2.45, 2.75) is 107 Å². The summed E-state index contributed by atoms with van der Waals surface area (Å²) in [6.07, 6.45) is 2.42. The number of hydrogen-bond donors (Lipinski definition) is 2. The van der Waals surface area contributed by atoms with Gasteiger partial charge >= 0.3 is 11.9 Å². The number of piperidine rings is 1. The van der Waals surface area contributed by atoms with Gasteiger partial charge in [0.05, 0.1) is 30.3 Å². The molecule has 9 heteroatoms. The lowest BCUT2D eigenvalue weighted by Crippen LogP contribution is -2.83. The second-order valence-corrected chi connectivity index (χ2v) is 15.0. The number of carbonyl (C=O) groups excluding carboxylic acids is 2. The number of likely N-dealkylation sites (tertiary alicyclic amines) is 1. The minimum Gasteiger partial charge on any atom is -0.463 e. The Hall–Kier alpha value is -2.04. The van der Waals surface area contributed by atoms with Crippen LogP contribution in [0.15, 0.2) is 24.3 Å². The lowest BCUT2D eigenvalue weighted by atomic mass is 9.43. The van der Waals surface area contributed by atoms with Crippen molar-refractivity contribution in [2.75, 3.05) is 27.3 Å². The molecule has 0 radical (unpaired) electrons. The van der Waals surface area contributed by atoms with E-state index in [1.54, 1.807) is 46.3 Å². The van der Waals surface area contributed by atoms with Gasteiger partial charge in [-0.1, -0.05) is 32.0 Å². The first-order valence-corrected chi connectivity index (χ1v) is 16.7. The number of fused-ring (bicyclic) bond motifs is 2. The van der Waals surface area contributed by atoms with Crippen LogP contribution < -0.4 is 0 Å². The lowest BCUT2D eigenvalue weighted by Gasteiger charge is -2.70. The van der Waals surface area contributed by atoms with E-state index in [2.05, 4.69) is 18.7 Å². The lowest BCUT2D eigenvalue weighted by molar-refractivity contribution is -0.335. The van der Waals surface area contributed by atoms with Crippen LogP contribution >= 0.6 is 0 Å². The number of nitrogens with zero attached hydrogens (tertiary/aromatic N) is 1. The average Bonchev–Trinajstić information content (AvgIpc) is 3.41. The Morgan fingerprint density at radius 1 is 1.09 bits per heavy atom. The Kier molecular flexibility index (Phi) is 7.12. The molecule has 9 nitrogen and oxygen atoms in total. The summed E-state index contributed by atoms with van der Waals surface area (Å²) in [7, 11) is 3.44. The third kappa shape index (κ3) is 3.65. The molecule has 1 aromatic carbocycles. The number of aliphatic hydroxyl groups is 2. The van der Waals surface area contributed by atoms with Crippen molar-refractivity contribution in [2.24, 2.45) is 35.0 Å². The van der Waals surface area contributed by atoms with Crippen LogP contribution in [0, 0.1) is 35.0 Å². The predicted octanol–water partition coefficient (Wildman–Crippen LogP) is 3.38. The summed E-state index contributed by atoms with van der Waals surface area (Å²) in [6, 6.07) is 7.13. The largest absolute Gasteiger partial charge is 0.463 e. The van der Waals surface area contributed by atoms with Gasteiger partial charge in [0.2, 0.25) is 0 Å². The van der Waals surface area contributed by atoms with Crippen molar-refractivity contribution in [1.29, 1.82) is 0 Å². The quantitative estimate of drug-likeness (QED) is 0.427. The zero-order chi connectivity index (χ0) is 31.4. The first-order chi connectivity index (χ1) is 20.9. The maximum Gasteiger partial charge on any atom is 0.339 e. The van der Waals surface area contributed by atoms with Crippen molar-refractivity contribution < 1.29 is 38.7 Å². The van der Waals surface area contributed by atoms with Crippen LogP contribution in [0.3, 0.4) is 0 Å². The van der Waals surface area contributed by atoms with E-state index in [1.807, 2.05) is 6.07 Å². The van der Waals surface area contributed by atoms with Crippen LogP contribution in [0.4, 0.5) is 0 Å². The van der Waals surface area contributed by atoms with Gasteiger partial charge < -0.3 is 29.2 Å². The molecule has 2 N–H and O–H groups in total. The first-order valence-electron chi connectivity index (χ1n) is 16.7. The fourth-order valence-electron chi connectivity index (χ4n) is 12.1. The second-order valence-electron chi connectivity index (χ2n) is 15.0. The van der Waals surface area contributed by atoms with Crippen LogP contribution in [-0.4, -0.2) is 95.5 Å². The summed E-state index contributed by atoms with van der Waals surface area (Å²) < 4.78 is 24.6. The number of hydrogen-bond acceptors (Lipinski definition) is 9. The zero-order valence-electron chi connectivity index (χ0n) is 27.0. The van der Waals surface area contributed by atoms with Crippen LogP contribution in [0.2, 0.25) is 0 Å². The monoisotopic (exact) mass is 611 g/mol. The fourth-order valence-corrected chi connectivity index (χ4v) is 12.1. The molecule has 6 aliphatic rings. The van der Waals surface area contributed by atoms with Gasteiger partial charge in [-0.2, -0.15) is 0 Å². The van der Waals surface area contributed by atoms with Crippen molar-refractivity contribution in [1.82, 2.24) is 4.90 Å². The molecule has 6 fully saturated rings. The first kappa shape index (κ1) is 30.6. The zero-order valence-corrected chi connectivity index (χ0v) is 27.0. The number of benzene rings is 1. The molecule has 1 aliphatic heterocycles. The molecule has 3 unspecified atom stereocenters. The van der Waals surface area contributed by atoms with Gasteiger partial charge in [-0.3, -0.25) is 9.69 Å². The Bertz CT molecular complexity index is 1340. The Morgan fingerprint density at radius 2 is 1.84 bits per heavy atom. The van der Waals surface area contributed by atoms with E-state index in [4.69, 9.17) is 18.9 Å². The molecule has 7 bridgehead atoms. The number of methoxy groups -OCH3 is 2. The maximum atomic E-state index is 14.2. The molecule has 7 rings (SSSR count). The Labute approximate surface area is 260 Å². The molecule has 1 heterocycles. The summed E-state index contributed by atoms with van der Waals surface area (Å²) in [5.74, 6) is -1.03. The Morgan fingerprint density at radius 3 is 2.52 bits per heavy atom. The molecule has 1 aromatic rings. The van der Waals surface area contributed by atoms with Crippen molar-refractivity contribution in [3.8, 4) is 0 Å². The summed E-state index contributed by atoms with van der Waals surface area (Å²) in [5.41, 5.74) is -3.09. The molecule has 0 amide bonds. The standard InChI is InChI=1S/C35H49NO8/c1-7-36-18-32(44-31(38)22-11-9-8-10-21(22)14-28(37)43-19(2)3)13-12-27(41-5)34-25(32)16-24(29(34)36)33(39)17-20(4)23-15-26(34)35(33,40)30(23)42-6/h8-11,19-20,23-27,29-30,39-40H,7,12-18H2,1-6H3/t20-,23+,24?,25?,26?,27-,29+,30-,32+,33-,34-,35-/m0/s1. The van der Waals surface area contributed by atoms with Crippen LogP contribution in [0.25, 0.3) is 0 Å². The average molecular weight is 612 g/mol. The fraction of sp³-hybridized carbons (Fsp3) is 0.771. The maximum absolute atomic E-state index is 14.2. The number of esters is 2. The van der Waals surface area contributed by atoms with Crippen molar-refractivity contribution >= 4 is 11.9 Å². The van der Waals surface area contributed by atoms with Gasteiger partial charge in [0.15, 0.2) is 0 Å². The van der Waals surface area contributed by atoms with Crippen molar-refractivity contribution in [3.63, 3.8) is 0 Å². The highest BCUT2D eigenvalue weighted by Gasteiger charge is 2.88. The second kappa shape index (κ2) is 10.2. The summed E-state index contributed by atoms with van der Waals surface area (Å²) in [4.78, 5) is 29.2. The van der Waals surface area contributed by atoms with Crippen LogP contribution in [0.5, 0.6) is 0 Å². The molecule has 44 heavy (non-hydrogen) atoms. The van der Waals surface area contributed by atoms with E-state index in [-0.39, 0.29) is 60.2 Å². The summed E-state index contributed by atoms with van der Waals surface area (Å²) >= 11 is 0. The highest BCUT2D eigenvalue weighted by molar-refractivity contribution is 5.93. The normalized spacial score (nSPS) is 46.7. The predicted molar refractivity (Wildman–Crippen MR) is 161 cm³/mol. The van der Waals surface area contributed by atoms with Crippen molar-refractivity contribution in [3.05, 3.63) is 35.4 Å². The smallest absolute Gasteiger partial charge is 0.339 e. The molecular formula is C35H49NO8. The van der Waals surface area contributed by atoms with E-state index in [1.165, 1.54) is 0 Å². The minimum atomic E-state index is -1.40. The number of carbonyl (C=O) groups is 2. The van der Waals surface area contributed by atoms with Gasteiger partial charge in [0, 0.05) is 50.0 Å². The molecular weight excluding hydrogens is 562 g/mol. The minimum absolute atomic E-state index is 0.00416. The number of rotatable bonds is 8. The molecule has 0 aromatic heterocycles. The van der Waals surface area contributed by atoms with Crippen LogP contribution in [0.1, 0.15) is 75.7 Å². The summed E-state index contributed by atoms with van der Waals surface area (Å²) in [5, 5.41) is 25.7. The molecule has 5 saturated carbocycles. The van der Waals surface area contributed by atoms with E-state index in [0.29, 0.717) is 43.4 Å². The van der Waals surface area contributed by atoms with Gasteiger partial charge in [0.25, 0.3) is 0 Å². The van der Waals surface area contributed by atoms with Crippen LogP contribution in [-0.2, 0) is 30.2 Å².